The fraction of sp³-hybridized carbons (Fsp3) is 0.591. The van der Waals surface area contributed by atoms with Gasteiger partial charge in [0.15, 0.2) is 5.60 Å². The van der Waals surface area contributed by atoms with Crippen LogP contribution >= 0.6 is 0 Å². The van der Waals surface area contributed by atoms with Crippen LogP contribution in [0.5, 0.6) is 0 Å². The first-order chi connectivity index (χ1) is 12.6. The fourth-order valence-electron chi connectivity index (χ4n) is 5.14. The molecule has 3 unspecified atom stereocenters. The third-order valence-corrected chi connectivity index (χ3v) is 6.76. The molecule has 0 amide bonds. The standard InChI is InChI=1S/C22H29NO3/c1-23-19-12-11-16(20(23)14-13-19)15-26-21(24)22(25,18-9-5-6-10-18)17-7-3-2-4-8-17/h2-4,7-8,11,18-20,25H,5-6,9-10,12-15H2,1H3. The van der Waals surface area contributed by atoms with Gasteiger partial charge in [-0.15, -0.1) is 0 Å². The quantitative estimate of drug-likeness (QED) is 0.650. The number of likely N-dealkylation sites (N-methyl/N-ethyl adjacent to an activating group) is 1. The molecule has 1 saturated heterocycles. The van der Waals surface area contributed by atoms with Crippen molar-refractivity contribution in [3.8, 4) is 0 Å². The molecular weight excluding hydrogens is 326 g/mol. The Morgan fingerprint density at radius 2 is 1.92 bits per heavy atom. The van der Waals surface area contributed by atoms with Crippen molar-refractivity contribution in [1.82, 2.24) is 4.90 Å². The topological polar surface area (TPSA) is 49.8 Å². The minimum absolute atomic E-state index is 0.0590. The largest absolute Gasteiger partial charge is 0.459 e. The number of carbonyl (C=O) groups is 1. The van der Waals surface area contributed by atoms with Crippen molar-refractivity contribution in [2.24, 2.45) is 5.92 Å². The van der Waals surface area contributed by atoms with E-state index in [1.165, 1.54) is 12.0 Å². The molecule has 1 aromatic rings. The number of carbonyl (C=O) groups excluding carboxylic acids is 1. The summed E-state index contributed by atoms with van der Waals surface area (Å²) in [5, 5.41) is 11.5. The van der Waals surface area contributed by atoms with Crippen LogP contribution in [0.25, 0.3) is 0 Å². The van der Waals surface area contributed by atoms with E-state index < -0.39 is 11.6 Å². The van der Waals surface area contributed by atoms with Gasteiger partial charge in [0, 0.05) is 18.0 Å². The van der Waals surface area contributed by atoms with Gasteiger partial charge in [-0.1, -0.05) is 49.2 Å². The van der Waals surface area contributed by atoms with Crippen LogP contribution in [0, 0.1) is 5.92 Å². The monoisotopic (exact) mass is 355 g/mol. The van der Waals surface area contributed by atoms with Gasteiger partial charge in [0.25, 0.3) is 0 Å². The molecule has 2 bridgehead atoms. The van der Waals surface area contributed by atoms with Crippen molar-refractivity contribution in [2.45, 2.75) is 62.6 Å². The van der Waals surface area contributed by atoms with Crippen molar-refractivity contribution in [3.63, 3.8) is 0 Å². The number of fused-ring (bicyclic) bond motifs is 2. The predicted octanol–water partition coefficient (Wildman–Crippen LogP) is 3.40. The lowest BCUT2D eigenvalue weighted by Gasteiger charge is -2.34. The summed E-state index contributed by atoms with van der Waals surface area (Å²) >= 11 is 0. The molecule has 1 aliphatic carbocycles. The molecule has 1 aromatic carbocycles. The molecule has 2 heterocycles. The van der Waals surface area contributed by atoms with Crippen LogP contribution < -0.4 is 0 Å². The van der Waals surface area contributed by atoms with Crippen LogP contribution in [0.2, 0.25) is 0 Å². The zero-order chi connectivity index (χ0) is 18.1. The normalized spacial score (nSPS) is 28.6. The van der Waals surface area contributed by atoms with E-state index in [0.29, 0.717) is 24.3 Å². The van der Waals surface area contributed by atoms with E-state index in [4.69, 9.17) is 4.74 Å². The third kappa shape index (κ3) is 2.99. The van der Waals surface area contributed by atoms with Crippen LogP contribution in [0.4, 0.5) is 0 Å². The smallest absolute Gasteiger partial charge is 0.343 e. The summed E-state index contributed by atoms with van der Waals surface area (Å²) in [5.74, 6) is -0.546. The number of hydrogen-bond donors (Lipinski definition) is 1. The zero-order valence-corrected chi connectivity index (χ0v) is 15.6. The highest BCUT2D eigenvalue weighted by Crippen LogP contribution is 2.42. The predicted molar refractivity (Wildman–Crippen MR) is 101 cm³/mol. The molecule has 4 nitrogen and oxygen atoms in total. The van der Waals surface area contributed by atoms with Crippen LogP contribution in [-0.2, 0) is 15.1 Å². The first kappa shape index (κ1) is 17.7. The Bertz CT molecular complexity index is 680. The van der Waals surface area contributed by atoms with E-state index in [9.17, 15) is 9.90 Å². The van der Waals surface area contributed by atoms with Gasteiger partial charge in [-0.2, -0.15) is 0 Å². The van der Waals surface area contributed by atoms with Crippen LogP contribution in [0.15, 0.2) is 42.0 Å². The number of esters is 1. The van der Waals surface area contributed by atoms with Gasteiger partial charge in [-0.05, 0) is 50.3 Å². The van der Waals surface area contributed by atoms with Crippen molar-refractivity contribution < 1.29 is 14.6 Å². The van der Waals surface area contributed by atoms with Gasteiger partial charge in [0.05, 0.1) is 0 Å². The lowest BCUT2D eigenvalue weighted by atomic mass is 9.80. The Balaban J connectivity index is 1.51. The van der Waals surface area contributed by atoms with Crippen molar-refractivity contribution >= 4 is 5.97 Å². The lowest BCUT2D eigenvalue weighted by molar-refractivity contribution is -0.173. The highest BCUT2D eigenvalue weighted by molar-refractivity contribution is 5.81. The molecule has 2 fully saturated rings. The van der Waals surface area contributed by atoms with E-state index >= 15 is 0 Å². The van der Waals surface area contributed by atoms with Gasteiger partial charge < -0.3 is 9.84 Å². The summed E-state index contributed by atoms with van der Waals surface area (Å²) in [4.78, 5) is 15.5. The van der Waals surface area contributed by atoms with Gasteiger partial charge in [0.1, 0.15) is 6.61 Å². The average Bonchev–Trinajstić information content (AvgIpc) is 3.28. The molecule has 1 saturated carbocycles. The Labute approximate surface area is 155 Å². The molecule has 2 aliphatic heterocycles. The van der Waals surface area contributed by atoms with E-state index in [1.54, 1.807) is 0 Å². The minimum Gasteiger partial charge on any atom is -0.459 e. The maximum atomic E-state index is 13.1. The van der Waals surface area contributed by atoms with Crippen molar-refractivity contribution in [3.05, 3.63) is 47.5 Å². The first-order valence-corrected chi connectivity index (χ1v) is 9.96. The third-order valence-electron chi connectivity index (χ3n) is 6.76. The number of hydrogen-bond acceptors (Lipinski definition) is 4. The zero-order valence-electron chi connectivity index (χ0n) is 15.6. The van der Waals surface area contributed by atoms with Gasteiger partial charge in [-0.3, -0.25) is 4.90 Å². The summed E-state index contributed by atoms with van der Waals surface area (Å²) in [6, 6.07) is 10.4. The highest BCUT2D eigenvalue weighted by atomic mass is 16.5. The number of nitrogens with zero attached hydrogens (tertiary/aromatic N) is 1. The first-order valence-electron chi connectivity index (χ1n) is 9.96. The maximum Gasteiger partial charge on any atom is 0.343 e. The molecule has 0 aromatic heterocycles. The Morgan fingerprint density at radius 3 is 2.65 bits per heavy atom. The number of aliphatic hydroxyl groups is 1. The molecule has 4 heteroatoms. The second kappa shape index (κ2) is 7.16. The lowest BCUT2D eigenvalue weighted by Crippen LogP contribution is -2.44. The van der Waals surface area contributed by atoms with Gasteiger partial charge in [-0.25, -0.2) is 4.79 Å². The van der Waals surface area contributed by atoms with Crippen molar-refractivity contribution in [1.29, 1.82) is 0 Å². The molecule has 26 heavy (non-hydrogen) atoms. The molecule has 3 atom stereocenters. The summed E-state index contributed by atoms with van der Waals surface area (Å²) in [6.45, 7) is 0.294. The molecule has 3 aliphatic rings. The summed E-state index contributed by atoms with van der Waals surface area (Å²) in [5.41, 5.74) is 0.320. The molecule has 0 radical (unpaired) electrons. The second-order valence-electron chi connectivity index (χ2n) is 8.12. The molecule has 0 spiro atoms. The van der Waals surface area contributed by atoms with Crippen LogP contribution in [0.1, 0.15) is 50.5 Å². The average molecular weight is 355 g/mol. The number of benzene rings is 1. The maximum absolute atomic E-state index is 13.1. The Hall–Kier alpha value is -1.65. The van der Waals surface area contributed by atoms with E-state index in [1.807, 2.05) is 30.3 Å². The molecular formula is C22H29NO3. The molecule has 140 valence electrons. The van der Waals surface area contributed by atoms with E-state index in [-0.39, 0.29) is 5.92 Å². The fourth-order valence-corrected chi connectivity index (χ4v) is 5.14. The molecule has 4 rings (SSSR count). The highest BCUT2D eigenvalue weighted by Gasteiger charge is 2.48. The number of rotatable bonds is 5. The Morgan fingerprint density at radius 1 is 1.19 bits per heavy atom. The number of ether oxygens (including phenoxy) is 1. The van der Waals surface area contributed by atoms with Gasteiger partial charge in [0.2, 0.25) is 0 Å². The van der Waals surface area contributed by atoms with E-state index in [2.05, 4.69) is 18.0 Å². The second-order valence-corrected chi connectivity index (χ2v) is 8.12. The minimum atomic E-state index is -1.53. The SMILES string of the molecule is CN1C2CC=C(COC(=O)C(O)(c3ccccc3)C3CCCC3)C1CC2. The van der Waals surface area contributed by atoms with Crippen LogP contribution in [-0.4, -0.2) is 41.7 Å². The van der Waals surface area contributed by atoms with Crippen molar-refractivity contribution in [2.75, 3.05) is 13.7 Å². The molecule has 1 N–H and O–H groups in total. The summed E-state index contributed by atoms with van der Waals surface area (Å²) in [6.07, 6.45) is 9.49. The summed E-state index contributed by atoms with van der Waals surface area (Å²) in [7, 11) is 2.16. The Kier molecular flexibility index (Phi) is 4.89. The van der Waals surface area contributed by atoms with E-state index in [0.717, 1.165) is 38.5 Å². The summed E-state index contributed by atoms with van der Waals surface area (Å²) < 4.78 is 5.73. The van der Waals surface area contributed by atoms with Gasteiger partial charge >= 0.3 is 5.97 Å². The van der Waals surface area contributed by atoms with Crippen LogP contribution in [0.3, 0.4) is 0 Å².